The molecule has 0 spiro atoms. The van der Waals surface area contributed by atoms with Crippen LogP contribution in [0.1, 0.15) is 105 Å². The lowest BCUT2D eigenvalue weighted by Gasteiger charge is -2.24. The third-order valence-corrected chi connectivity index (χ3v) is 11.1. The first-order chi connectivity index (χ1) is 24.7. The minimum atomic E-state index is -0.0920. The van der Waals surface area contributed by atoms with Crippen LogP contribution < -0.4 is 0 Å². The molecule has 3 heteroatoms. The maximum Gasteiger partial charge on any atom is 0.0733 e. The Morgan fingerprint density at radius 3 is 1.11 bits per heavy atom. The molecule has 0 fully saturated rings. The monoisotopic (exact) mass is 695 g/mol. The molecule has 1 aliphatic rings. The Kier molecular flexibility index (Phi) is 7.76. The van der Waals surface area contributed by atoms with E-state index in [1.165, 1.54) is 38.6 Å². The first-order valence-electron chi connectivity index (χ1n) is 19.2. The predicted octanol–water partition coefficient (Wildman–Crippen LogP) is 13.9. The largest absolute Gasteiger partial charge is 0.353 e. The molecule has 4 heterocycles. The van der Waals surface area contributed by atoms with Crippen molar-refractivity contribution in [1.29, 1.82) is 0 Å². The maximum absolute atomic E-state index is 5.59. The van der Waals surface area contributed by atoms with Gasteiger partial charge in [-0.1, -0.05) is 113 Å². The molecule has 0 saturated carbocycles. The number of hydrogen-bond acceptors (Lipinski definition) is 2. The number of pyridine rings is 2. The fourth-order valence-electron chi connectivity index (χ4n) is 7.59. The van der Waals surface area contributed by atoms with E-state index in [9.17, 15) is 0 Å². The number of rotatable bonds is 1. The van der Waals surface area contributed by atoms with Crippen LogP contribution in [0.5, 0.6) is 0 Å². The molecule has 7 aromatic rings. The molecule has 0 unspecified atom stereocenters. The summed E-state index contributed by atoms with van der Waals surface area (Å²) in [7, 11) is 0. The second-order valence-corrected chi connectivity index (χ2v) is 19.4. The number of fused-ring (bicyclic) bond motifs is 11. The zero-order chi connectivity index (χ0) is 37.8. The van der Waals surface area contributed by atoms with Crippen molar-refractivity contribution >= 4 is 21.8 Å². The first kappa shape index (κ1) is 35.0. The highest BCUT2D eigenvalue weighted by atomic mass is 14.8. The normalized spacial score (nSPS) is 13.3. The molecule has 8 bridgehead atoms. The summed E-state index contributed by atoms with van der Waals surface area (Å²) in [4.78, 5) is 15.2. The van der Waals surface area contributed by atoms with Crippen LogP contribution in [0.15, 0.2) is 97.1 Å². The summed E-state index contributed by atoms with van der Waals surface area (Å²) in [5.41, 5.74) is 17.7. The number of H-pyrrole nitrogens is 1. The van der Waals surface area contributed by atoms with Crippen LogP contribution in [0.4, 0.5) is 0 Å². The zero-order valence-electron chi connectivity index (χ0n) is 33.6. The summed E-state index contributed by atoms with van der Waals surface area (Å²) < 4.78 is 0. The van der Waals surface area contributed by atoms with Crippen molar-refractivity contribution in [2.45, 2.75) is 105 Å². The van der Waals surface area contributed by atoms with Crippen molar-refractivity contribution in [1.82, 2.24) is 15.0 Å². The summed E-state index contributed by atoms with van der Waals surface area (Å²) >= 11 is 0. The van der Waals surface area contributed by atoms with E-state index in [2.05, 4.69) is 185 Å². The molecule has 1 N–H and O–H groups in total. The van der Waals surface area contributed by atoms with E-state index in [4.69, 9.17) is 9.97 Å². The molecule has 1 aliphatic heterocycles. The van der Waals surface area contributed by atoms with E-state index in [1.807, 2.05) is 0 Å². The number of aromatic amines is 1. The third kappa shape index (κ3) is 6.28. The Morgan fingerprint density at radius 2 is 0.717 bits per heavy atom. The number of nitrogens with one attached hydrogen (secondary N) is 1. The minimum absolute atomic E-state index is 0.0687. The lowest BCUT2D eigenvalue weighted by molar-refractivity contribution is 0.589. The zero-order valence-corrected chi connectivity index (χ0v) is 33.6. The highest BCUT2D eigenvalue weighted by molar-refractivity contribution is 6.15. The van der Waals surface area contributed by atoms with Gasteiger partial charge in [-0.3, -0.25) is 0 Å². The summed E-state index contributed by atoms with van der Waals surface area (Å²) in [6.45, 7) is 27.7. The highest BCUT2D eigenvalue weighted by Crippen LogP contribution is 2.45. The SMILES string of the molecule is CC(C)(C)c1cc2nc(c1)-c1cc(C(C)(C)C)cc3c1[nH]c1c(cc(C(C)(C)C)cc13)-c1cc(C(C)(C)C)cc(n1)-c1cc(-c3ccccc3)cc-2c1. The average molecular weight is 696 g/mol. The average Bonchev–Trinajstić information content (AvgIpc) is 3.47. The number of nitrogens with zero attached hydrogens (tertiary/aromatic N) is 2. The van der Waals surface area contributed by atoms with E-state index in [0.717, 1.165) is 61.6 Å². The van der Waals surface area contributed by atoms with Crippen molar-refractivity contribution in [3.05, 3.63) is 119 Å². The van der Waals surface area contributed by atoms with E-state index in [-0.39, 0.29) is 21.7 Å². The minimum Gasteiger partial charge on any atom is -0.353 e. The Bertz CT molecular complexity index is 2420. The Balaban J connectivity index is 1.62. The molecular weight excluding hydrogens is 643 g/mol. The Labute approximate surface area is 316 Å². The smallest absolute Gasteiger partial charge is 0.0733 e. The summed E-state index contributed by atoms with van der Waals surface area (Å²) in [6, 6.07) is 36.5. The molecule has 8 rings (SSSR count). The lowest BCUT2D eigenvalue weighted by atomic mass is 9.82. The van der Waals surface area contributed by atoms with Gasteiger partial charge < -0.3 is 4.98 Å². The van der Waals surface area contributed by atoms with Gasteiger partial charge in [0.15, 0.2) is 0 Å². The van der Waals surface area contributed by atoms with Gasteiger partial charge in [-0.2, -0.15) is 0 Å². The molecule has 0 atom stereocenters. The van der Waals surface area contributed by atoms with Crippen molar-refractivity contribution in [2.24, 2.45) is 0 Å². The van der Waals surface area contributed by atoms with Crippen LogP contribution >= 0.6 is 0 Å². The van der Waals surface area contributed by atoms with Gasteiger partial charge in [-0.15, -0.1) is 0 Å². The standard InChI is InChI=1S/C50H53N3/c1-47(2,3)33-21-37-38-22-34(48(4,5)6)24-40-44-28-36(50(10,11)12)26-42(52-44)32-19-30(29-16-14-13-15-17-29)18-31(20-32)41-25-35(49(7,8)9)27-43(51-41)39(23-33)45(37)53-46(38)40/h13-28,53H,1-12H3. The molecule has 3 aromatic heterocycles. The molecule has 0 radical (unpaired) electrons. The van der Waals surface area contributed by atoms with Gasteiger partial charge >= 0.3 is 0 Å². The van der Waals surface area contributed by atoms with E-state index in [0.29, 0.717) is 0 Å². The highest BCUT2D eigenvalue weighted by Gasteiger charge is 2.27. The summed E-state index contributed by atoms with van der Waals surface area (Å²) in [6.07, 6.45) is 0. The van der Waals surface area contributed by atoms with Crippen LogP contribution in [0.2, 0.25) is 0 Å². The molecule has 0 aliphatic carbocycles. The van der Waals surface area contributed by atoms with Crippen LogP contribution in [0.3, 0.4) is 0 Å². The quantitative estimate of drug-likeness (QED) is 0.186. The topological polar surface area (TPSA) is 41.6 Å². The first-order valence-corrected chi connectivity index (χ1v) is 19.2. The van der Waals surface area contributed by atoms with Crippen molar-refractivity contribution < 1.29 is 0 Å². The van der Waals surface area contributed by atoms with Gasteiger partial charge in [-0.05, 0) is 122 Å². The van der Waals surface area contributed by atoms with Gasteiger partial charge in [0.05, 0.1) is 33.8 Å². The molecule has 0 saturated heterocycles. The fraction of sp³-hybridized carbons (Fsp3) is 0.320. The Hall–Kier alpha value is -5.02. The number of hydrogen-bond donors (Lipinski definition) is 1. The number of benzene rings is 4. The van der Waals surface area contributed by atoms with Crippen molar-refractivity contribution in [3.63, 3.8) is 0 Å². The lowest BCUT2D eigenvalue weighted by Crippen LogP contribution is -2.13. The van der Waals surface area contributed by atoms with Crippen LogP contribution in [0, 0.1) is 0 Å². The van der Waals surface area contributed by atoms with Crippen LogP contribution in [0.25, 0.3) is 78.0 Å². The van der Waals surface area contributed by atoms with E-state index >= 15 is 0 Å². The van der Waals surface area contributed by atoms with Crippen molar-refractivity contribution in [2.75, 3.05) is 0 Å². The van der Waals surface area contributed by atoms with Crippen LogP contribution in [-0.4, -0.2) is 15.0 Å². The summed E-state index contributed by atoms with van der Waals surface area (Å²) in [5, 5.41) is 2.46. The van der Waals surface area contributed by atoms with Crippen molar-refractivity contribution in [3.8, 4) is 56.2 Å². The molecule has 4 aromatic carbocycles. The molecule has 53 heavy (non-hydrogen) atoms. The van der Waals surface area contributed by atoms with Gasteiger partial charge in [0.2, 0.25) is 0 Å². The second kappa shape index (κ2) is 11.7. The Morgan fingerprint density at radius 1 is 0.358 bits per heavy atom. The molecular formula is C50H53N3. The van der Waals surface area contributed by atoms with Gasteiger partial charge in [-0.25, -0.2) is 9.97 Å². The predicted molar refractivity (Wildman–Crippen MR) is 227 cm³/mol. The van der Waals surface area contributed by atoms with E-state index < -0.39 is 0 Å². The number of aromatic nitrogens is 3. The van der Waals surface area contributed by atoms with Gasteiger partial charge in [0.25, 0.3) is 0 Å². The maximum atomic E-state index is 5.59. The van der Waals surface area contributed by atoms with Crippen LogP contribution in [-0.2, 0) is 21.7 Å². The fourth-order valence-corrected chi connectivity index (χ4v) is 7.59. The molecule has 3 nitrogen and oxygen atoms in total. The molecule has 268 valence electrons. The second-order valence-electron chi connectivity index (χ2n) is 19.4. The van der Waals surface area contributed by atoms with Gasteiger partial charge in [0.1, 0.15) is 0 Å². The molecule has 0 amide bonds. The van der Waals surface area contributed by atoms with E-state index in [1.54, 1.807) is 0 Å². The third-order valence-electron chi connectivity index (χ3n) is 11.1. The summed E-state index contributed by atoms with van der Waals surface area (Å²) in [5.74, 6) is 0. The van der Waals surface area contributed by atoms with Gasteiger partial charge in [0, 0.05) is 33.0 Å².